The highest BCUT2D eigenvalue weighted by Gasteiger charge is 2.32. The number of aromatic hydroxyl groups is 1. The molecule has 1 aliphatic rings. The maximum atomic E-state index is 13.0. The summed E-state index contributed by atoms with van der Waals surface area (Å²) >= 11 is 0. The highest BCUT2D eigenvalue weighted by Crippen LogP contribution is 2.43. The number of hydrogen-bond acceptors (Lipinski definition) is 4. The number of benzene rings is 3. The predicted octanol–water partition coefficient (Wildman–Crippen LogP) is 4.22. The zero-order valence-electron chi connectivity index (χ0n) is 13.7. The largest absolute Gasteiger partial charge is 0.507 e. The van der Waals surface area contributed by atoms with Crippen LogP contribution in [0.4, 0.5) is 0 Å². The highest BCUT2D eigenvalue weighted by atomic mass is 16.5. The molecule has 4 heteroatoms. The van der Waals surface area contributed by atoms with Gasteiger partial charge >= 0.3 is 5.97 Å². The standard InChI is InChI=1S/C22H14O4/c1-13-15-9-5-6-10-16(15)21(24)20-18(12-11-17(23)19(13)20)26-22(25)14-7-3-2-4-8-14/h2-12,23H,1H2. The van der Waals surface area contributed by atoms with Crippen molar-refractivity contribution in [2.24, 2.45) is 0 Å². The Balaban J connectivity index is 1.84. The highest BCUT2D eigenvalue weighted by molar-refractivity contribution is 6.20. The Hall–Kier alpha value is -3.66. The van der Waals surface area contributed by atoms with Crippen LogP contribution in [0.1, 0.15) is 37.4 Å². The summed E-state index contributed by atoms with van der Waals surface area (Å²) in [5.74, 6) is -0.856. The quantitative estimate of drug-likeness (QED) is 0.438. The first-order valence-corrected chi connectivity index (χ1v) is 8.04. The number of ether oxygens (including phenoxy) is 1. The van der Waals surface area contributed by atoms with Crippen LogP contribution in [0.5, 0.6) is 11.5 Å². The van der Waals surface area contributed by atoms with Gasteiger partial charge in [-0.1, -0.05) is 49.0 Å². The molecule has 3 aromatic carbocycles. The van der Waals surface area contributed by atoms with Crippen molar-refractivity contribution in [3.8, 4) is 11.5 Å². The van der Waals surface area contributed by atoms with E-state index in [1.165, 1.54) is 12.1 Å². The number of fused-ring (bicyclic) bond motifs is 2. The van der Waals surface area contributed by atoms with E-state index in [9.17, 15) is 14.7 Å². The van der Waals surface area contributed by atoms with E-state index in [0.29, 0.717) is 27.8 Å². The van der Waals surface area contributed by atoms with Gasteiger partial charge in [-0.05, 0) is 35.4 Å². The number of ketones is 1. The molecule has 0 aromatic heterocycles. The zero-order chi connectivity index (χ0) is 18.3. The fourth-order valence-corrected chi connectivity index (χ4v) is 3.14. The summed E-state index contributed by atoms with van der Waals surface area (Å²) < 4.78 is 5.48. The van der Waals surface area contributed by atoms with E-state index in [4.69, 9.17) is 4.74 Å². The summed E-state index contributed by atoms with van der Waals surface area (Å²) in [6.07, 6.45) is 0. The van der Waals surface area contributed by atoms with Crippen LogP contribution in [0.25, 0.3) is 5.57 Å². The molecule has 26 heavy (non-hydrogen) atoms. The molecule has 0 unspecified atom stereocenters. The second-order valence-corrected chi connectivity index (χ2v) is 5.94. The number of esters is 1. The predicted molar refractivity (Wildman–Crippen MR) is 97.5 cm³/mol. The van der Waals surface area contributed by atoms with Crippen LogP contribution in [-0.4, -0.2) is 16.9 Å². The van der Waals surface area contributed by atoms with Crippen LogP contribution < -0.4 is 4.74 Å². The van der Waals surface area contributed by atoms with E-state index < -0.39 is 5.97 Å². The molecule has 4 nitrogen and oxygen atoms in total. The van der Waals surface area contributed by atoms with Crippen molar-refractivity contribution in [2.75, 3.05) is 0 Å². The van der Waals surface area contributed by atoms with Gasteiger partial charge in [-0.3, -0.25) is 4.79 Å². The molecule has 0 radical (unpaired) electrons. The van der Waals surface area contributed by atoms with E-state index in [-0.39, 0.29) is 22.8 Å². The van der Waals surface area contributed by atoms with Crippen molar-refractivity contribution >= 4 is 17.3 Å². The van der Waals surface area contributed by atoms with Crippen molar-refractivity contribution in [1.82, 2.24) is 0 Å². The summed E-state index contributed by atoms with van der Waals surface area (Å²) in [6, 6.07) is 18.4. The molecule has 0 aliphatic heterocycles. The molecule has 3 aromatic rings. The fraction of sp³-hybridized carbons (Fsp3) is 0. The van der Waals surface area contributed by atoms with Gasteiger partial charge in [0.25, 0.3) is 0 Å². The zero-order valence-corrected chi connectivity index (χ0v) is 13.7. The number of carbonyl (C=O) groups is 2. The van der Waals surface area contributed by atoms with Crippen LogP contribution in [0.3, 0.4) is 0 Å². The molecule has 0 amide bonds. The van der Waals surface area contributed by atoms with E-state index in [1.54, 1.807) is 54.6 Å². The smallest absolute Gasteiger partial charge is 0.343 e. The Morgan fingerprint density at radius 1 is 0.846 bits per heavy atom. The van der Waals surface area contributed by atoms with Gasteiger partial charge in [0.15, 0.2) is 5.78 Å². The summed E-state index contributed by atoms with van der Waals surface area (Å²) in [5.41, 5.74) is 2.46. The van der Waals surface area contributed by atoms with Gasteiger partial charge in [-0.25, -0.2) is 4.79 Å². The van der Waals surface area contributed by atoms with Crippen LogP contribution >= 0.6 is 0 Å². The number of rotatable bonds is 2. The van der Waals surface area contributed by atoms with Gasteiger partial charge in [0.1, 0.15) is 11.5 Å². The minimum absolute atomic E-state index is 0.0765. The summed E-state index contributed by atoms with van der Waals surface area (Å²) in [6.45, 7) is 4.02. The lowest BCUT2D eigenvalue weighted by Crippen LogP contribution is -2.18. The summed E-state index contributed by atoms with van der Waals surface area (Å²) in [7, 11) is 0. The Morgan fingerprint density at radius 2 is 1.50 bits per heavy atom. The maximum Gasteiger partial charge on any atom is 0.343 e. The first-order chi connectivity index (χ1) is 12.6. The third-order valence-corrected chi connectivity index (χ3v) is 4.38. The van der Waals surface area contributed by atoms with Crippen LogP contribution in [0.2, 0.25) is 0 Å². The van der Waals surface area contributed by atoms with Crippen molar-refractivity contribution in [3.63, 3.8) is 0 Å². The first-order valence-electron chi connectivity index (χ1n) is 8.04. The molecule has 0 saturated heterocycles. The van der Waals surface area contributed by atoms with E-state index in [1.807, 2.05) is 0 Å². The SMILES string of the molecule is C=C1c2ccccc2C(=O)c2c(OC(=O)c3ccccc3)ccc(O)c21. The topological polar surface area (TPSA) is 63.6 Å². The molecule has 4 rings (SSSR count). The maximum absolute atomic E-state index is 13.0. The Morgan fingerprint density at radius 3 is 2.23 bits per heavy atom. The molecule has 0 spiro atoms. The average Bonchev–Trinajstić information content (AvgIpc) is 2.68. The number of hydrogen-bond donors (Lipinski definition) is 1. The molecular weight excluding hydrogens is 328 g/mol. The molecule has 0 heterocycles. The van der Waals surface area contributed by atoms with Crippen LogP contribution in [0.15, 0.2) is 73.3 Å². The molecule has 0 saturated carbocycles. The second kappa shape index (κ2) is 6.01. The minimum atomic E-state index is -0.573. The van der Waals surface area contributed by atoms with Crippen LogP contribution in [-0.2, 0) is 0 Å². The molecule has 0 atom stereocenters. The number of carbonyl (C=O) groups excluding carboxylic acids is 2. The van der Waals surface area contributed by atoms with E-state index >= 15 is 0 Å². The van der Waals surface area contributed by atoms with Gasteiger partial charge in [0, 0.05) is 11.1 Å². The third-order valence-electron chi connectivity index (χ3n) is 4.38. The Bertz CT molecular complexity index is 1060. The van der Waals surface area contributed by atoms with Gasteiger partial charge < -0.3 is 9.84 Å². The van der Waals surface area contributed by atoms with Gasteiger partial charge in [-0.15, -0.1) is 0 Å². The summed E-state index contributed by atoms with van der Waals surface area (Å²) in [5, 5.41) is 10.3. The summed E-state index contributed by atoms with van der Waals surface area (Å²) in [4.78, 5) is 25.4. The minimum Gasteiger partial charge on any atom is -0.507 e. The molecule has 126 valence electrons. The number of phenols is 1. The fourth-order valence-electron chi connectivity index (χ4n) is 3.14. The normalized spacial score (nSPS) is 12.3. The molecule has 1 N–H and O–H groups in total. The van der Waals surface area contributed by atoms with Gasteiger partial charge in [-0.2, -0.15) is 0 Å². The van der Waals surface area contributed by atoms with Gasteiger partial charge in [0.2, 0.25) is 0 Å². The lowest BCUT2D eigenvalue weighted by atomic mass is 9.81. The van der Waals surface area contributed by atoms with Crippen molar-refractivity contribution in [2.45, 2.75) is 0 Å². The molecule has 1 aliphatic carbocycles. The average molecular weight is 342 g/mol. The third kappa shape index (κ3) is 2.40. The van der Waals surface area contributed by atoms with E-state index in [0.717, 1.165) is 0 Å². The van der Waals surface area contributed by atoms with Crippen molar-refractivity contribution in [3.05, 3.63) is 101 Å². The van der Waals surface area contributed by atoms with Crippen molar-refractivity contribution in [1.29, 1.82) is 0 Å². The lowest BCUT2D eigenvalue weighted by Gasteiger charge is -2.23. The molecule has 0 fully saturated rings. The Kier molecular flexibility index (Phi) is 3.66. The Labute approximate surface area is 150 Å². The second-order valence-electron chi connectivity index (χ2n) is 5.94. The monoisotopic (exact) mass is 342 g/mol. The molecular formula is C22H14O4. The van der Waals surface area contributed by atoms with Crippen molar-refractivity contribution < 1.29 is 19.4 Å². The van der Waals surface area contributed by atoms with Gasteiger partial charge in [0.05, 0.1) is 11.1 Å². The van der Waals surface area contributed by atoms with E-state index in [2.05, 4.69) is 6.58 Å². The lowest BCUT2D eigenvalue weighted by molar-refractivity contribution is 0.0732. The van der Waals surface area contributed by atoms with Crippen LogP contribution in [0, 0.1) is 0 Å². The number of phenolic OH excluding ortho intramolecular Hbond substituents is 1. The first kappa shape index (κ1) is 15.8. The molecule has 0 bridgehead atoms.